The summed E-state index contributed by atoms with van der Waals surface area (Å²) in [4.78, 5) is 4.11. The first-order valence-corrected chi connectivity index (χ1v) is 4.30. The molecular formula is C7H8BN2O2S. The van der Waals surface area contributed by atoms with E-state index in [1.165, 1.54) is 11.3 Å². The second kappa shape index (κ2) is 4.81. The van der Waals surface area contributed by atoms with E-state index in [0.717, 1.165) is 10.2 Å². The van der Waals surface area contributed by atoms with Crippen LogP contribution in [0.4, 0.5) is 5.13 Å². The van der Waals surface area contributed by atoms with Gasteiger partial charge in [0.25, 0.3) is 0 Å². The molecule has 6 heteroatoms. The molecule has 0 spiro atoms. The number of rotatable bonds is 0. The van der Waals surface area contributed by atoms with E-state index in [4.69, 9.17) is 15.8 Å². The van der Waals surface area contributed by atoms with Crippen LogP contribution >= 0.6 is 11.3 Å². The number of nitrogens with two attached hydrogens (primary N) is 1. The van der Waals surface area contributed by atoms with Crippen LogP contribution in [0.1, 0.15) is 0 Å². The predicted octanol–water partition coefficient (Wildman–Crippen LogP) is 0.384. The van der Waals surface area contributed by atoms with Crippen LogP contribution in [-0.4, -0.2) is 22.7 Å². The lowest BCUT2D eigenvalue weighted by Gasteiger charge is -1.80. The second-order valence-corrected chi connectivity index (χ2v) is 3.20. The van der Waals surface area contributed by atoms with Crippen LogP contribution in [0, 0.1) is 0 Å². The highest BCUT2D eigenvalue weighted by molar-refractivity contribution is 7.22. The molecule has 1 heterocycles. The number of aromatic nitrogens is 1. The molecule has 0 amide bonds. The third-order valence-corrected chi connectivity index (χ3v) is 2.18. The third kappa shape index (κ3) is 2.69. The second-order valence-electron chi connectivity index (χ2n) is 2.14. The van der Waals surface area contributed by atoms with Gasteiger partial charge in [-0.2, -0.15) is 0 Å². The maximum Gasteiger partial charge on any atom is 0.482 e. The number of hydrogen-bond donors (Lipinski definition) is 3. The van der Waals surface area contributed by atoms with Crippen molar-refractivity contribution in [3.63, 3.8) is 0 Å². The lowest BCUT2D eigenvalue weighted by molar-refractivity contribution is 0.448. The molecule has 4 N–H and O–H groups in total. The van der Waals surface area contributed by atoms with Crippen molar-refractivity contribution in [3.05, 3.63) is 24.3 Å². The Bertz CT molecular complexity index is 346. The minimum absolute atomic E-state index is 0. The fraction of sp³-hybridized carbons (Fsp3) is 0. The quantitative estimate of drug-likeness (QED) is 0.531. The molecule has 1 radical (unpaired) electrons. The van der Waals surface area contributed by atoms with Crippen molar-refractivity contribution in [3.8, 4) is 0 Å². The maximum absolute atomic E-state index is 7.00. The summed E-state index contributed by atoms with van der Waals surface area (Å²) < 4.78 is 1.15. The van der Waals surface area contributed by atoms with E-state index in [1.807, 2.05) is 24.3 Å². The number of benzene rings is 1. The normalized spacial score (nSPS) is 9.08. The predicted molar refractivity (Wildman–Crippen MR) is 54.2 cm³/mol. The molecule has 0 aliphatic rings. The summed E-state index contributed by atoms with van der Waals surface area (Å²) in [5, 5.41) is 14.6. The van der Waals surface area contributed by atoms with E-state index in [2.05, 4.69) is 4.98 Å². The molecule has 2 aromatic rings. The summed E-state index contributed by atoms with van der Waals surface area (Å²) in [5.41, 5.74) is 6.49. The zero-order valence-corrected chi connectivity index (χ0v) is 7.53. The van der Waals surface area contributed by atoms with Gasteiger partial charge in [-0.15, -0.1) is 0 Å². The minimum atomic E-state index is 0. The summed E-state index contributed by atoms with van der Waals surface area (Å²) >= 11 is 1.52. The van der Waals surface area contributed by atoms with Gasteiger partial charge in [-0.1, -0.05) is 23.5 Å². The molecule has 0 saturated heterocycles. The SMILES string of the molecule is Nc1nc2ccccc2s1.O[B]O. The largest absolute Gasteiger partial charge is 0.482 e. The molecule has 0 bridgehead atoms. The fourth-order valence-corrected chi connectivity index (χ4v) is 1.62. The Hall–Kier alpha value is -1.11. The molecule has 0 atom stereocenters. The van der Waals surface area contributed by atoms with E-state index in [1.54, 1.807) is 0 Å². The van der Waals surface area contributed by atoms with Gasteiger partial charge in [-0.05, 0) is 12.1 Å². The number of fused-ring (bicyclic) bond motifs is 1. The van der Waals surface area contributed by atoms with Crippen LogP contribution in [0.15, 0.2) is 24.3 Å². The van der Waals surface area contributed by atoms with E-state index in [-0.39, 0.29) is 7.69 Å². The van der Waals surface area contributed by atoms with Crippen molar-refractivity contribution < 1.29 is 10.0 Å². The van der Waals surface area contributed by atoms with Crippen molar-refractivity contribution in [1.29, 1.82) is 0 Å². The number of hydrogen-bond acceptors (Lipinski definition) is 5. The monoisotopic (exact) mass is 195 g/mol. The molecule has 0 unspecified atom stereocenters. The molecule has 0 aliphatic heterocycles. The molecular weight excluding hydrogens is 187 g/mol. The van der Waals surface area contributed by atoms with E-state index in [9.17, 15) is 0 Å². The summed E-state index contributed by atoms with van der Waals surface area (Å²) in [6.45, 7) is 0. The first-order valence-electron chi connectivity index (χ1n) is 3.49. The standard InChI is InChI=1S/C7H6N2S.BH2O2/c8-7-9-5-3-1-2-4-6(5)10-7;2-1-3/h1-4H,(H2,8,9);2-3H. The molecule has 0 fully saturated rings. The molecule has 1 aromatic carbocycles. The molecule has 4 nitrogen and oxygen atoms in total. The van der Waals surface area contributed by atoms with Crippen molar-refractivity contribution in [1.82, 2.24) is 4.98 Å². The highest BCUT2D eigenvalue weighted by Gasteiger charge is 1.96. The van der Waals surface area contributed by atoms with Crippen molar-refractivity contribution >= 4 is 34.4 Å². The smallest absolute Gasteiger partial charge is 0.429 e. The summed E-state index contributed by atoms with van der Waals surface area (Å²) in [6, 6.07) is 7.92. The molecule has 1 aromatic heterocycles. The fourth-order valence-electron chi connectivity index (χ4n) is 0.890. The molecule has 0 saturated carbocycles. The Labute approximate surface area is 80.0 Å². The van der Waals surface area contributed by atoms with Gasteiger partial charge in [-0.3, -0.25) is 0 Å². The van der Waals surface area contributed by atoms with Gasteiger partial charge in [-0.25, -0.2) is 4.98 Å². The third-order valence-electron chi connectivity index (χ3n) is 1.31. The number of anilines is 1. The average Bonchev–Trinajstić information content (AvgIpc) is 2.45. The van der Waals surface area contributed by atoms with Crippen LogP contribution < -0.4 is 5.73 Å². The summed E-state index contributed by atoms with van der Waals surface area (Å²) in [5.74, 6) is 0. The molecule has 0 aliphatic carbocycles. The van der Waals surface area contributed by atoms with Crippen molar-refractivity contribution in [2.24, 2.45) is 0 Å². The number of nitrogens with zero attached hydrogens (tertiary/aromatic N) is 1. The van der Waals surface area contributed by atoms with Crippen molar-refractivity contribution in [2.45, 2.75) is 0 Å². The first kappa shape index (κ1) is 9.98. The lowest BCUT2D eigenvalue weighted by atomic mass is 10.3. The topological polar surface area (TPSA) is 79.4 Å². The lowest BCUT2D eigenvalue weighted by Crippen LogP contribution is -1.78. The van der Waals surface area contributed by atoms with Gasteiger partial charge in [0.2, 0.25) is 0 Å². The average molecular weight is 195 g/mol. The van der Waals surface area contributed by atoms with Gasteiger partial charge < -0.3 is 15.8 Å². The van der Waals surface area contributed by atoms with E-state index in [0.29, 0.717) is 5.13 Å². The zero-order valence-electron chi connectivity index (χ0n) is 6.71. The molecule has 13 heavy (non-hydrogen) atoms. The van der Waals surface area contributed by atoms with Crippen LogP contribution in [-0.2, 0) is 0 Å². The van der Waals surface area contributed by atoms with E-state index >= 15 is 0 Å². The summed E-state index contributed by atoms with van der Waals surface area (Å²) in [7, 11) is 0. The first-order chi connectivity index (χ1) is 6.27. The van der Waals surface area contributed by atoms with Crippen LogP contribution in [0.5, 0.6) is 0 Å². The maximum atomic E-state index is 7.00. The highest BCUT2D eigenvalue weighted by Crippen LogP contribution is 2.22. The van der Waals surface area contributed by atoms with Crippen LogP contribution in [0.2, 0.25) is 0 Å². The Kier molecular flexibility index (Phi) is 3.69. The number of thiazole rings is 1. The Balaban J connectivity index is 0.000000251. The van der Waals surface area contributed by atoms with Gasteiger partial charge >= 0.3 is 7.69 Å². The zero-order chi connectivity index (χ0) is 9.68. The van der Waals surface area contributed by atoms with Gasteiger partial charge in [0.1, 0.15) is 0 Å². The van der Waals surface area contributed by atoms with Crippen molar-refractivity contribution in [2.75, 3.05) is 5.73 Å². The van der Waals surface area contributed by atoms with Crippen LogP contribution in [0.25, 0.3) is 10.2 Å². The van der Waals surface area contributed by atoms with Gasteiger partial charge in [0.15, 0.2) is 5.13 Å². The highest BCUT2D eigenvalue weighted by atomic mass is 32.1. The molecule has 2 rings (SSSR count). The Morgan fingerprint density at radius 1 is 1.31 bits per heavy atom. The minimum Gasteiger partial charge on any atom is -0.429 e. The number of para-hydroxylation sites is 1. The van der Waals surface area contributed by atoms with Gasteiger partial charge in [0.05, 0.1) is 10.2 Å². The number of nitrogen functional groups attached to an aromatic ring is 1. The molecule has 67 valence electrons. The summed E-state index contributed by atoms with van der Waals surface area (Å²) in [6.07, 6.45) is 0. The van der Waals surface area contributed by atoms with Gasteiger partial charge in [0, 0.05) is 0 Å². The Morgan fingerprint density at radius 2 is 1.92 bits per heavy atom. The Morgan fingerprint density at radius 3 is 2.54 bits per heavy atom. The van der Waals surface area contributed by atoms with E-state index < -0.39 is 0 Å². The van der Waals surface area contributed by atoms with Crippen LogP contribution in [0.3, 0.4) is 0 Å².